The number of aromatic nitrogens is 2. The summed E-state index contributed by atoms with van der Waals surface area (Å²) >= 11 is 5.82. The summed E-state index contributed by atoms with van der Waals surface area (Å²) in [6.45, 7) is 1.91. The summed E-state index contributed by atoms with van der Waals surface area (Å²) < 4.78 is 16.2. The van der Waals surface area contributed by atoms with Gasteiger partial charge in [0, 0.05) is 5.02 Å². The Labute approximate surface area is 143 Å². The number of carbonyl (C=O) groups is 1. The maximum atomic E-state index is 12.2. The lowest BCUT2D eigenvalue weighted by molar-refractivity contribution is 0.0342. The molecule has 0 aliphatic rings. The molecule has 0 fully saturated rings. The van der Waals surface area contributed by atoms with Crippen LogP contribution in [0.2, 0.25) is 5.02 Å². The van der Waals surface area contributed by atoms with Crippen LogP contribution in [0.3, 0.4) is 0 Å². The molecule has 0 radical (unpaired) electrons. The number of nitrogens with zero attached hydrogens (tertiary/aromatic N) is 1. The SMILES string of the molecule is C[C@@H](COC(=O)c1cn[nH]c1-c1ccco1)Oc1ccc(Cl)cc1. The first kappa shape index (κ1) is 16.1. The van der Waals surface area contributed by atoms with Gasteiger partial charge in [-0.2, -0.15) is 5.10 Å². The third-order valence-electron chi connectivity index (χ3n) is 3.23. The van der Waals surface area contributed by atoms with Crippen molar-refractivity contribution in [2.75, 3.05) is 6.61 Å². The van der Waals surface area contributed by atoms with Gasteiger partial charge in [-0.15, -0.1) is 0 Å². The number of benzene rings is 1. The fourth-order valence-electron chi connectivity index (χ4n) is 2.10. The molecule has 0 bridgehead atoms. The fraction of sp³-hybridized carbons (Fsp3) is 0.176. The molecule has 124 valence electrons. The quantitative estimate of drug-likeness (QED) is 0.684. The van der Waals surface area contributed by atoms with Gasteiger partial charge < -0.3 is 13.9 Å². The second-order valence-electron chi connectivity index (χ2n) is 5.12. The Hall–Kier alpha value is -2.73. The summed E-state index contributed by atoms with van der Waals surface area (Å²) in [5, 5.41) is 7.24. The lowest BCUT2D eigenvalue weighted by Crippen LogP contribution is -2.21. The number of nitrogens with one attached hydrogen (secondary N) is 1. The Balaban J connectivity index is 1.58. The molecule has 24 heavy (non-hydrogen) atoms. The topological polar surface area (TPSA) is 77.4 Å². The highest BCUT2D eigenvalue weighted by molar-refractivity contribution is 6.30. The van der Waals surface area contributed by atoms with Crippen LogP contribution in [0.4, 0.5) is 0 Å². The standard InChI is InChI=1S/C17H15ClN2O4/c1-11(24-13-6-4-12(18)5-7-13)10-23-17(21)14-9-19-20-16(14)15-3-2-8-22-15/h2-9,11H,10H2,1H3,(H,19,20)/t11-/m0/s1. The summed E-state index contributed by atoms with van der Waals surface area (Å²) in [6, 6.07) is 10.4. The highest BCUT2D eigenvalue weighted by Gasteiger charge is 2.19. The molecule has 0 amide bonds. The molecule has 0 aliphatic heterocycles. The molecule has 2 heterocycles. The number of furan rings is 1. The van der Waals surface area contributed by atoms with Crippen molar-refractivity contribution < 1.29 is 18.7 Å². The van der Waals surface area contributed by atoms with E-state index >= 15 is 0 Å². The van der Waals surface area contributed by atoms with Gasteiger partial charge in [0.25, 0.3) is 0 Å². The van der Waals surface area contributed by atoms with E-state index in [-0.39, 0.29) is 12.7 Å². The van der Waals surface area contributed by atoms with Crippen molar-refractivity contribution in [2.24, 2.45) is 0 Å². The number of hydrogen-bond donors (Lipinski definition) is 1. The monoisotopic (exact) mass is 346 g/mol. The van der Waals surface area contributed by atoms with Gasteiger partial charge in [0.1, 0.15) is 29.7 Å². The smallest absolute Gasteiger partial charge is 0.342 e. The number of rotatable bonds is 6. The van der Waals surface area contributed by atoms with Crippen LogP contribution in [0.1, 0.15) is 17.3 Å². The minimum Gasteiger partial charge on any atom is -0.487 e. The Morgan fingerprint density at radius 2 is 2.12 bits per heavy atom. The van der Waals surface area contributed by atoms with Gasteiger partial charge in [-0.1, -0.05) is 11.6 Å². The summed E-state index contributed by atoms with van der Waals surface area (Å²) in [4.78, 5) is 12.2. The van der Waals surface area contributed by atoms with Crippen LogP contribution in [0.15, 0.2) is 53.3 Å². The zero-order valence-electron chi connectivity index (χ0n) is 12.9. The van der Waals surface area contributed by atoms with E-state index in [0.717, 1.165) is 0 Å². The molecule has 7 heteroatoms. The largest absolute Gasteiger partial charge is 0.487 e. The molecule has 0 unspecified atom stereocenters. The second-order valence-corrected chi connectivity index (χ2v) is 5.55. The van der Waals surface area contributed by atoms with Crippen LogP contribution < -0.4 is 4.74 Å². The van der Waals surface area contributed by atoms with Gasteiger partial charge in [0.05, 0.1) is 12.5 Å². The van der Waals surface area contributed by atoms with E-state index in [2.05, 4.69) is 10.2 Å². The Morgan fingerprint density at radius 1 is 1.33 bits per heavy atom. The molecular weight excluding hydrogens is 332 g/mol. The van der Waals surface area contributed by atoms with Crippen molar-refractivity contribution in [3.05, 3.63) is 59.4 Å². The molecule has 0 saturated carbocycles. The molecular formula is C17H15ClN2O4. The van der Waals surface area contributed by atoms with Gasteiger partial charge in [-0.25, -0.2) is 4.79 Å². The number of halogens is 1. The lowest BCUT2D eigenvalue weighted by Gasteiger charge is -2.14. The van der Waals surface area contributed by atoms with Crippen LogP contribution in [-0.4, -0.2) is 28.9 Å². The van der Waals surface area contributed by atoms with Crippen molar-refractivity contribution in [1.82, 2.24) is 10.2 Å². The highest BCUT2D eigenvalue weighted by Crippen LogP contribution is 2.22. The van der Waals surface area contributed by atoms with Crippen LogP contribution >= 0.6 is 11.6 Å². The van der Waals surface area contributed by atoms with Crippen LogP contribution in [0.5, 0.6) is 5.75 Å². The van der Waals surface area contributed by atoms with Crippen LogP contribution in [-0.2, 0) is 4.74 Å². The van der Waals surface area contributed by atoms with Crippen molar-refractivity contribution >= 4 is 17.6 Å². The predicted molar refractivity (Wildman–Crippen MR) is 88.1 cm³/mol. The third-order valence-corrected chi connectivity index (χ3v) is 3.48. The van der Waals surface area contributed by atoms with Crippen LogP contribution in [0.25, 0.3) is 11.5 Å². The number of carbonyl (C=O) groups excluding carboxylic acids is 1. The van der Waals surface area contributed by atoms with Crippen molar-refractivity contribution in [1.29, 1.82) is 0 Å². The van der Waals surface area contributed by atoms with E-state index < -0.39 is 5.97 Å². The van der Waals surface area contributed by atoms with Gasteiger partial charge in [0.2, 0.25) is 0 Å². The third kappa shape index (κ3) is 3.78. The van der Waals surface area contributed by atoms with E-state index in [1.165, 1.54) is 12.5 Å². The molecule has 6 nitrogen and oxygen atoms in total. The minimum atomic E-state index is -0.498. The summed E-state index contributed by atoms with van der Waals surface area (Å²) in [6.07, 6.45) is 2.62. The number of esters is 1. The number of H-pyrrole nitrogens is 1. The number of aromatic amines is 1. The fourth-order valence-corrected chi connectivity index (χ4v) is 2.23. The van der Waals surface area contributed by atoms with E-state index in [0.29, 0.717) is 27.8 Å². The van der Waals surface area contributed by atoms with E-state index in [9.17, 15) is 4.79 Å². The van der Waals surface area contributed by atoms with E-state index in [1.54, 1.807) is 36.4 Å². The molecule has 2 aromatic heterocycles. The van der Waals surface area contributed by atoms with Gasteiger partial charge in [0.15, 0.2) is 5.76 Å². The maximum absolute atomic E-state index is 12.2. The molecule has 0 saturated heterocycles. The molecule has 1 N–H and O–H groups in total. The first-order valence-electron chi connectivity index (χ1n) is 7.30. The number of hydrogen-bond acceptors (Lipinski definition) is 5. The normalized spacial score (nSPS) is 11.9. The first-order valence-corrected chi connectivity index (χ1v) is 7.68. The molecule has 0 spiro atoms. The Bertz CT molecular complexity index is 796. The zero-order valence-corrected chi connectivity index (χ0v) is 13.6. The van der Waals surface area contributed by atoms with Gasteiger partial charge in [-0.05, 0) is 43.3 Å². The molecule has 3 rings (SSSR count). The van der Waals surface area contributed by atoms with E-state index in [1.807, 2.05) is 6.92 Å². The second kappa shape index (κ2) is 7.23. The average Bonchev–Trinajstić information content (AvgIpc) is 3.25. The van der Waals surface area contributed by atoms with Gasteiger partial charge >= 0.3 is 5.97 Å². The predicted octanol–water partition coefficient (Wildman–Crippen LogP) is 3.95. The summed E-state index contributed by atoms with van der Waals surface area (Å²) in [5.41, 5.74) is 0.792. The lowest BCUT2D eigenvalue weighted by atomic mass is 10.2. The van der Waals surface area contributed by atoms with E-state index in [4.69, 9.17) is 25.5 Å². The maximum Gasteiger partial charge on any atom is 0.342 e. The molecule has 1 atom stereocenters. The first-order chi connectivity index (χ1) is 11.6. The summed E-state index contributed by atoms with van der Waals surface area (Å²) in [7, 11) is 0. The number of ether oxygens (including phenoxy) is 2. The molecule has 0 aliphatic carbocycles. The Kier molecular flexibility index (Phi) is 4.86. The van der Waals surface area contributed by atoms with Gasteiger partial charge in [-0.3, -0.25) is 5.10 Å². The Morgan fingerprint density at radius 3 is 2.83 bits per heavy atom. The molecule has 3 aromatic rings. The van der Waals surface area contributed by atoms with Crippen molar-refractivity contribution in [2.45, 2.75) is 13.0 Å². The van der Waals surface area contributed by atoms with Crippen LogP contribution in [0, 0.1) is 0 Å². The highest BCUT2D eigenvalue weighted by atomic mass is 35.5. The van der Waals surface area contributed by atoms with Crippen molar-refractivity contribution in [3.8, 4) is 17.2 Å². The average molecular weight is 347 g/mol. The molecule has 1 aromatic carbocycles. The minimum absolute atomic E-state index is 0.101. The van der Waals surface area contributed by atoms with Crippen molar-refractivity contribution in [3.63, 3.8) is 0 Å². The summed E-state index contributed by atoms with van der Waals surface area (Å²) in [5.74, 6) is 0.675. The zero-order chi connectivity index (χ0) is 16.9.